The van der Waals surface area contributed by atoms with E-state index in [4.69, 9.17) is 4.74 Å². The number of likely N-dealkylation sites (tertiary alicyclic amines) is 1. The highest BCUT2D eigenvalue weighted by Crippen LogP contribution is 2.32. The quantitative estimate of drug-likeness (QED) is 0.633. The smallest absolute Gasteiger partial charge is 0.492 e. The van der Waals surface area contributed by atoms with Crippen LogP contribution >= 0.6 is 15.9 Å². The van der Waals surface area contributed by atoms with Gasteiger partial charge in [-0.15, -0.1) is 13.2 Å². The fourth-order valence-corrected chi connectivity index (χ4v) is 3.09. The highest BCUT2D eigenvalue weighted by atomic mass is 79.9. The third-order valence-corrected chi connectivity index (χ3v) is 4.58. The minimum atomic E-state index is -4.70. The van der Waals surface area contributed by atoms with E-state index in [0.29, 0.717) is 22.9 Å². The molecule has 23 heavy (non-hydrogen) atoms. The maximum absolute atomic E-state index is 12.2. The molecule has 0 bridgehead atoms. The van der Waals surface area contributed by atoms with Gasteiger partial charge >= 0.3 is 6.36 Å². The summed E-state index contributed by atoms with van der Waals surface area (Å²) in [7, 11) is 0. The minimum absolute atomic E-state index is 0.277. The van der Waals surface area contributed by atoms with Gasteiger partial charge in [-0.2, -0.15) is 0 Å². The van der Waals surface area contributed by atoms with Crippen LogP contribution in [0.25, 0.3) is 0 Å². The lowest BCUT2D eigenvalue weighted by Crippen LogP contribution is -2.38. The van der Waals surface area contributed by atoms with E-state index >= 15 is 0 Å². The molecule has 0 saturated carbocycles. The number of hydrogen-bond donors (Lipinski definition) is 0. The average Bonchev–Trinajstić information content (AvgIpc) is 2.47. The van der Waals surface area contributed by atoms with Crippen molar-refractivity contribution >= 4 is 15.9 Å². The third-order valence-electron chi connectivity index (χ3n) is 3.92. The second-order valence-corrected chi connectivity index (χ2v) is 6.58. The number of piperidine rings is 1. The SMILES string of the molecule is CC1CCCCN1CCCOc1cc(OC(F)(F)F)ccc1Br. The van der Waals surface area contributed by atoms with Crippen molar-refractivity contribution in [1.82, 2.24) is 4.90 Å². The number of halogens is 4. The Balaban J connectivity index is 1.81. The highest BCUT2D eigenvalue weighted by Gasteiger charge is 2.31. The zero-order valence-electron chi connectivity index (χ0n) is 13.0. The highest BCUT2D eigenvalue weighted by molar-refractivity contribution is 9.10. The van der Waals surface area contributed by atoms with Crippen LogP contribution in [0.4, 0.5) is 13.2 Å². The Hall–Kier alpha value is -0.950. The molecule has 2 rings (SSSR count). The molecule has 1 aliphatic heterocycles. The van der Waals surface area contributed by atoms with Gasteiger partial charge in [-0.05, 0) is 60.8 Å². The second-order valence-electron chi connectivity index (χ2n) is 5.72. The van der Waals surface area contributed by atoms with Crippen LogP contribution in [0.1, 0.15) is 32.6 Å². The Morgan fingerprint density at radius 1 is 1.30 bits per heavy atom. The van der Waals surface area contributed by atoms with Crippen molar-refractivity contribution < 1.29 is 22.6 Å². The summed E-state index contributed by atoms with van der Waals surface area (Å²) >= 11 is 3.28. The number of hydrogen-bond acceptors (Lipinski definition) is 3. The Labute approximate surface area is 142 Å². The first-order valence-corrected chi connectivity index (χ1v) is 8.56. The van der Waals surface area contributed by atoms with Crippen molar-refractivity contribution in [3.63, 3.8) is 0 Å². The topological polar surface area (TPSA) is 21.7 Å². The molecule has 1 aliphatic rings. The van der Waals surface area contributed by atoms with Gasteiger partial charge in [-0.25, -0.2) is 0 Å². The molecule has 7 heteroatoms. The molecule has 0 amide bonds. The summed E-state index contributed by atoms with van der Waals surface area (Å²) in [6.45, 7) is 4.74. The summed E-state index contributed by atoms with van der Waals surface area (Å²) in [5, 5.41) is 0. The van der Waals surface area contributed by atoms with Crippen molar-refractivity contribution in [2.24, 2.45) is 0 Å². The first-order valence-electron chi connectivity index (χ1n) is 7.77. The minimum Gasteiger partial charge on any atom is -0.492 e. The van der Waals surface area contributed by atoms with E-state index in [1.807, 2.05) is 0 Å². The fourth-order valence-electron chi connectivity index (χ4n) is 2.73. The summed E-state index contributed by atoms with van der Waals surface area (Å²) in [4.78, 5) is 2.44. The molecule has 0 aromatic heterocycles. The average molecular weight is 396 g/mol. The number of nitrogens with zero attached hydrogens (tertiary/aromatic N) is 1. The first-order chi connectivity index (χ1) is 10.8. The van der Waals surface area contributed by atoms with Gasteiger partial charge in [-0.1, -0.05) is 6.42 Å². The van der Waals surface area contributed by atoms with Gasteiger partial charge in [0.15, 0.2) is 0 Å². The number of alkyl halides is 3. The maximum Gasteiger partial charge on any atom is 0.573 e. The molecule has 0 aliphatic carbocycles. The van der Waals surface area contributed by atoms with Crippen LogP contribution in [-0.4, -0.2) is 37.0 Å². The van der Waals surface area contributed by atoms with Crippen molar-refractivity contribution in [3.8, 4) is 11.5 Å². The summed E-state index contributed by atoms with van der Waals surface area (Å²) in [6.07, 6.45) is -0.124. The van der Waals surface area contributed by atoms with E-state index in [9.17, 15) is 13.2 Å². The standard InChI is InChI=1S/C16H21BrF3NO2/c1-12-5-2-3-8-21(12)9-4-10-22-15-11-13(6-7-14(15)17)23-16(18,19)20/h6-7,11-12H,2-5,8-10H2,1H3. The molecule has 1 fully saturated rings. The Morgan fingerprint density at radius 2 is 2.09 bits per heavy atom. The van der Waals surface area contributed by atoms with Crippen molar-refractivity contribution in [2.45, 2.75) is 45.0 Å². The maximum atomic E-state index is 12.2. The van der Waals surface area contributed by atoms with E-state index in [-0.39, 0.29) is 5.75 Å². The zero-order valence-corrected chi connectivity index (χ0v) is 14.6. The predicted molar refractivity (Wildman–Crippen MR) is 85.8 cm³/mol. The van der Waals surface area contributed by atoms with E-state index in [1.165, 1.54) is 37.5 Å². The summed E-state index contributed by atoms with van der Waals surface area (Å²) in [5.74, 6) is 0.0822. The lowest BCUT2D eigenvalue weighted by molar-refractivity contribution is -0.274. The normalized spacial score (nSPS) is 19.6. The molecular weight excluding hydrogens is 375 g/mol. The monoisotopic (exact) mass is 395 g/mol. The third kappa shape index (κ3) is 6.22. The van der Waals surface area contributed by atoms with Crippen LogP contribution in [-0.2, 0) is 0 Å². The van der Waals surface area contributed by atoms with Gasteiger partial charge in [0.1, 0.15) is 11.5 Å². The number of rotatable bonds is 6. The lowest BCUT2D eigenvalue weighted by Gasteiger charge is -2.33. The van der Waals surface area contributed by atoms with Gasteiger partial charge in [-0.3, -0.25) is 0 Å². The molecule has 1 aromatic carbocycles. The summed E-state index contributed by atoms with van der Waals surface area (Å²) in [6, 6.07) is 4.59. The van der Waals surface area contributed by atoms with Gasteiger partial charge in [0.25, 0.3) is 0 Å². The van der Waals surface area contributed by atoms with Crippen LogP contribution in [0.2, 0.25) is 0 Å². The van der Waals surface area contributed by atoms with Crippen molar-refractivity contribution in [3.05, 3.63) is 22.7 Å². The summed E-state index contributed by atoms with van der Waals surface area (Å²) < 4.78 is 46.8. The van der Waals surface area contributed by atoms with Gasteiger partial charge in [0.2, 0.25) is 0 Å². The Bertz CT molecular complexity index is 511. The molecule has 0 spiro atoms. The van der Waals surface area contributed by atoms with Crippen LogP contribution in [0.3, 0.4) is 0 Å². The summed E-state index contributed by atoms with van der Waals surface area (Å²) in [5.41, 5.74) is 0. The molecule has 1 atom stereocenters. The Morgan fingerprint density at radius 3 is 2.78 bits per heavy atom. The largest absolute Gasteiger partial charge is 0.573 e. The molecule has 1 saturated heterocycles. The van der Waals surface area contributed by atoms with Gasteiger partial charge in [0, 0.05) is 18.7 Å². The van der Waals surface area contributed by atoms with Crippen LogP contribution in [0.5, 0.6) is 11.5 Å². The first kappa shape index (κ1) is 18.4. The van der Waals surface area contributed by atoms with Gasteiger partial charge < -0.3 is 14.4 Å². The molecule has 130 valence electrons. The molecule has 3 nitrogen and oxygen atoms in total. The second kappa shape index (κ2) is 8.24. The van der Waals surface area contributed by atoms with Crippen LogP contribution < -0.4 is 9.47 Å². The van der Waals surface area contributed by atoms with E-state index in [2.05, 4.69) is 32.5 Å². The van der Waals surface area contributed by atoms with Gasteiger partial charge in [0.05, 0.1) is 11.1 Å². The molecule has 0 N–H and O–H groups in total. The fraction of sp³-hybridized carbons (Fsp3) is 0.625. The van der Waals surface area contributed by atoms with Crippen molar-refractivity contribution in [2.75, 3.05) is 19.7 Å². The van der Waals surface area contributed by atoms with Crippen LogP contribution in [0, 0.1) is 0 Å². The molecule has 0 radical (unpaired) electrons. The van der Waals surface area contributed by atoms with Crippen LogP contribution in [0.15, 0.2) is 22.7 Å². The molecule has 1 unspecified atom stereocenters. The molecular formula is C16H21BrF3NO2. The predicted octanol–water partition coefficient (Wildman–Crippen LogP) is 4.99. The number of benzene rings is 1. The molecule has 1 heterocycles. The Kier molecular flexibility index (Phi) is 6.59. The molecule has 1 aromatic rings. The lowest BCUT2D eigenvalue weighted by atomic mass is 10.0. The van der Waals surface area contributed by atoms with E-state index in [0.717, 1.165) is 19.5 Å². The van der Waals surface area contributed by atoms with E-state index in [1.54, 1.807) is 0 Å². The zero-order chi connectivity index (χ0) is 16.9. The van der Waals surface area contributed by atoms with E-state index < -0.39 is 6.36 Å². The number of ether oxygens (including phenoxy) is 2. The van der Waals surface area contributed by atoms with Crippen molar-refractivity contribution in [1.29, 1.82) is 0 Å².